The number of rotatable bonds is 5. The van der Waals surface area contributed by atoms with Gasteiger partial charge in [-0.25, -0.2) is 14.8 Å². The maximum absolute atomic E-state index is 12.8. The molecule has 1 atom stereocenters. The number of halogens is 3. The van der Waals surface area contributed by atoms with E-state index >= 15 is 0 Å². The van der Waals surface area contributed by atoms with Crippen LogP contribution in [0.4, 0.5) is 29.5 Å². The molecule has 0 saturated heterocycles. The van der Waals surface area contributed by atoms with Crippen molar-refractivity contribution in [2.45, 2.75) is 19.1 Å². The van der Waals surface area contributed by atoms with Crippen molar-refractivity contribution >= 4 is 17.6 Å². The summed E-state index contributed by atoms with van der Waals surface area (Å²) in [7, 11) is 0. The largest absolute Gasteiger partial charge is 0.416 e. The predicted molar refractivity (Wildman–Crippen MR) is 112 cm³/mol. The summed E-state index contributed by atoms with van der Waals surface area (Å²) in [5, 5.41) is 8.66. The van der Waals surface area contributed by atoms with Gasteiger partial charge in [-0.15, -0.1) is 0 Å². The fraction of sp³-hybridized carbons (Fsp3) is 0.136. The molecule has 2 aromatic heterocycles. The van der Waals surface area contributed by atoms with Gasteiger partial charge >= 0.3 is 18.1 Å². The van der Waals surface area contributed by atoms with Crippen molar-refractivity contribution < 1.29 is 27.2 Å². The Bertz CT molecular complexity index is 1240. The summed E-state index contributed by atoms with van der Waals surface area (Å²) in [5.74, 6) is 0.0318. The Morgan fingerprint density at radius 2 is 1.76 bits per heavy atom. The van der Waals surface area contributed by atoms with E-state index in [2.05, 4.69) is 25.9 Å². The lowest BCUT2D eigenvalue weighted by Crippen LogP contribution is -2.39. The molecule has 2 N–H and O–H groups in total. The summed E-state index contributed by atoms with van der Waals surface area (Å²) in [6.45, 7) is 1.90. The Hall–Kier alpha value is -4.28. The lowest BCUT2D eigenvalue weighted by atomic mass is 10.0. The number of carbonyl (C=O) groups is 1. The number of benzene rings is 2. The maximum atomic E-state index is 12.8. The summed E-state index contributed by atoms with van der Waals surface area (Å²) in [6, 6.07) is 11.1. The van der Waals surface area contributed by atoms with Crippen LogP contribution in [0.5, 0.6) is 0 Å². The highest BCUT2D eigenvalue weighted by molar-refractivity contribution is 5.98. The number of amides is 2. The average Bonchev–Trinajstić information content (AvgIpc) is 3.27. The third kappa shape index (κ3) is 5.32. The minimum atomic E-state index is -4.51. The highest BCUT2D eigenvalue weighted by Crippen LogP contribution is 2.30. The molecule has 0 fully saturated rings. The van der Waals surface area contributed by atoms with Crippen molar-refractivity contribution in [3.63, 3.8) is 0 Å². The fourth-order valence-corrected chi connectivity index (χ4v) is 3.10. The standard InChI is InChI=1S/C22H17F3N6O2/c1-14(15-5-7-16(8-6-15)17-10-26-13-27-11-17)31-12-20(33-30-31)29-21(32)28-19-4-2-3-18(9-19)22(23,24)25/h2-14H,1H3,(H-,28,29,30,32)/p+1. The van der Waals surface area contributed by atoms with Crippen LogP contribution in [-0.2, 0) is 6.18 Å². The molecule has 1 unspecified atom stereocenters. The van der Waals surface area contributed by atoms with Gasteiger partial charge in [0, 0.05) is 36.1 Å². The minimum absolute atomic E-state index is 0.00742. The van der Waals surface area contributed by atoms with E-state index in [0.29, 0.717) is 0 Å². The number of nitrogens with one attached hydrogen (secondary N) is 2. The van der Waals surface area contributed by atoms with Crippen LogP contribution < -0.4 is 15.3 Å². The van der Waals surface area contributed by atoms with Gasteiger partial charge in [0.1, 0.15) is 6.33 Å². The Morgan fingerprint density at radius 3 is 2.45 bits per heavy atom. The molecule has 4 rings (SSSR count). The molecule has 0 radical (unpaired) electrons. The van der Waals surface area contributed by atoms with Crippen LogP contribution in [0.3, 0.4) is 0 Å². The molecule has 0 aliphatic heterocycles. The van der Waals surface area contributed by atoms with Gasteiger partial charge in [0.05, 0.1) is 5.56 Å². The molecule has 33 heavy (non-hydrogen) atoms. The van der Waals surface area contributed by atoms with Crippen LogP contribution in [0, 0.1) is 0 Å². The smallest absolute Gasteiger partial charge is 0.308 e. The zero-order valence-corrected chi connectivity index (χ0v) is 17.2. The van der Waals surface area contributed by atoms with Crippen molar-refractivity contribution in [1.29, 1.82) is 0 Å². The molecule has 2 heterocycles. The third-order valence-corrected chi connectivity index (χ3v) is 4.85. The van der Waals surface area contributed by atoms with Crippen molar-refractivity contribution in [2.75, 3.05) is 10.6 Å². The first-order valence-electron chi connectivity index (χ1n) is 9.78. The summed E-state index contributed by atoms with van der Waals surface area (Å²) in [5.41, 5.74) is 1.92. The topological polar surface area (TPSA) is 96.8 Å². The first-order chi connectivity index (χ1) is 15.8. The molecule has 0 aliphatic carbocycles. The highest BCUT2D eigenvalue weighted by Gasteiger charge is 2.30. The Morgan fingerprint density at radius 1 is 1.03 bits per heavy atom. The van der Waals surface area contributed by atoms with Crippen molar-refractivity contribution in [2.24, 2.45) is 0 Å². The normalized spacial score (nSPS) is 12.2. The predicted octanol–water partition coefficient (Wildman–Crippen LogP) is 4.69. The molecular weight excluding hydrogens is 437 g/mol. The maximum Gasteiger partial charge on any atom is 0.416 e. The first kappa shape index (κ1) is 21.9. The molecule has 0 saturated carbocycles. The molecule has 2 aromatic carbocycles. The quantitative estimate of drug-likeness (QED) is 0.426. The second-order valence-electron chi connectivity index (χ2n) is 7.13. The number of carbonyl (C=O) groups excluding carboxylic acids is 1. The van der Waals surface area contributed by atoms with E-state index in [-0.39, 0.29) is 17.6 Å². The summed E-state index contributed by atoms with van der Waals surface area (Å²) >= 11 is 0. The van der Waals surface area contributed by atoms with Gasteiger partial charge in [0.25, 0.3) is 6.20 Å². The van der Waals surface area contributed by atoms with E-state index in [1.165, 1.54) is 29.3 Å². The van der Waals surface area contributed by atoms with Crippen molar-refractivity contribution in [1.82, 2.24) is 15.2 Å². The van der Waals surface area contributed by atoms with Crippen molar-refractivity contribution in [3.05, 3.63) is 84.6 Å². The van der Waals surface area contributed by atoms with Crippen LogP contribution in [0.2, 0.25) is 0 Å². The van der Waals surface area contributed by atoms with Crippen molar-refractivity contribution in [3.8, 4) is 11.1 Å². The number of anilines is 2. The number of aromatic nitrogens is 4. The zero-order valence-electron chi connectivity index (χ0n) is 17.2. The summed E-state index contributed by atoms with van der Waals surface area (Å²) in [4.78, 5) is 20.2. The molecule has 0 spiro atoms. The zero-order chi connectivity index (χ0) is 23.4. The van der Waals surface area contributed by atoms with Gasteiger partial charge < -0.3 is 5.32 Å². The van der Waals surface area contributed by atoms with Gasteiger partial charge in [-0.1, -0.05) is 30.3 Å². The van der Waals surface area contributed by atoms with Gasteiger partial charge in [0.15, 0.2) is 0 Å². The number of urea groups is 1. The summed E-state index contributed by atoms with van der Waals surface area (Å²) < 4.78 is 45.1. The lowest BCUT2D eigenvalue weighted by molar-refractivity contribution is -0.774. The van der Waals surface area contributed by atoms with Crippen LogP contribution in [0.25, 0.3) is 11.1 Å². The SMILES string of the molecule is CC(c1ccc(-c2cncnc2)cc1)[n+]1cc(NC(=O)Nc2cccc(C(F)(F)F)c2)on1. The second-order valence-corrected chi connectivity index (χ2v) is 7.13. The van der Waals surface area contributed by atoms with Crippen LogP contribution in [-0.4, -0.2) is 21.3 Å². The van der Waals surface area contributed by atoms with Gasteiger partial charge in [-0.05, 0) is 28.4 Å². The molecule has 0 bridgehead atoms. The molecule has 168 valence electrons. The summed E-state index contributed by atoms with van der Waals surface area (Å²) in [6.07, 6.45) is 1.89. The Balaban J connectivity index is 1.40. The molecule has 8 nitrogen and oxygen atoms in total. The minimum Gasteiger partial charge on any atom is -0.308 e. The van der Waals surface area contributed by atoms with E-state index in [4.69, 9.17) is 4.52 Å². The Labute approximate surface area is 186 Å². The molecule has 0 aliphatic rings. The first-order valence-corrected chi connectivity index (χ1v) is 9.78. The van der Waals surface area contributed by atoms with Gasteiger partial charge in [0.2, 0.25) is 11.3 Å². The monoisotopic (exact) mass is 455 g/mol. The molecule has 4 aromatic rings. The van der Waals surface area contributed by atoms with E-state index in [9.17, 15) is 18.0 Å². The van der Waals surface area contributed by atoms with Gasteiger partial charge in [-0.3, -0.25) is 9.84 Å². The van der Waals surface area contributed by atoms with Crippen LogP contribution in [0.15, 0.2) is 78.0 Å². The lowest BCUT2D eigenvalue weighted by Gasteiger charge is -2.09. The third-order valence-electron chi connectivity index (χ3n) is 4.85. The Kier molecular flexibility index (Phi) is 6.03. The van der Waals surface area contributed by atoms with E-state index in [1.54, 1.807) is 12.4 Å². The highest BCUT2D eigenvalue weighted by atomic mass is 19.4. The van der Waals surface area contributed by atoms with Gasteiger partial charge in [-0.2, -0.15) is 13.2 Å². The fourth-order valence-electron chi connectivity index (χ4n) is 3.10. The number of hydrogen-bond donors (Lipinski definition) is 2. The molecule has 11 heteroatoms. The van der Waals surface area contributed by atoms with E-state index in [1.807, 2.05) is 31.2 Å². The molecule has 2 amide bonds. The van der Waals surface area contributed by atoms with Crippen LogP contribution in [0.1, 0.15) is 24.1 Å². The van der Waals surface area contributed by atoms with Crippen LogP contribution >= 0.6 is 0 Å². The number of nitrogens with zero attached hydrogens (tertiary/aromatic N) is 4. The van der Waals surface area contributed by atoms with E-state index in [0.717, 1.165) is 28.8 Å². The number of alkyl halides is 3. The van der Waals surface area contributed by atoms with E-state index < -0.39 is 17.8 Å². The number of hydrogen-bond acceptors (Lipinski definition) is 5. The molecular formula is C22H18F3N6O2+. The average molecular weight is 455 g/mol. The second kappa shape index (κ2) is 9.07.